The Labute approximate surface area is 125 Å². The molecule has 21 heavy (non-hydrogen) atoms. The van der Waals surface area contributed by atoms with Crippen molar-refractivity contribution in [3.8, 4) is 11.5 Å². The van der Waals surface area contributed by atoms with E-state index in [1.807, 2.05) is 62.4 Å². The lowest BCUT2D eigenvalue weighted by atomic mass is 10.1. The maximum atomic E-state index is 6.09. The van der Waals surface area contributed by atoms with Crippen molar-refractivity contribution in [1.29, 1.82) is 0 Å². The Morgan fingerprint density at radius 1 is 0.762 bits per heavy atom. The molecule has 0 heterocycles. The molecule has 0 unspecified atom stereocenters. The molecule has 4 N–H and O–H groups in total. The van der Waals surface area contributed by atoms with Crippen LogP contribution in [-0.2, 0) is 0 Å². The lowest BCUT2D eigenvalue weighted by Gasteiger charge is -2.33. The molecule has 0 bridgehead atoms. The Hall–Kier alpha value is -2.36. The van der Waals surface area contributed by atoms with E-state index in [9.17, 15) is 0 Å². The summed E-state index contributed by atoms with van der Waals surface area (Å²) in [7, 11) is 0. The molecule has 0 aliphatic rings. The fourth-order valence-electron chi connectivity index (χ4n) is 2.11. The third-order valence-corrected chi connectivity index (χ3v) is 3.51. The molecule has 0 aromatic heterocycles. The summed E-state index contributed by atoms with van der Waals surface area (Å²) in [6, 6.07) is 14.8. The van der Waals surface area contributed by atoms with Gasteiger partial charge >= 0.3 is 0 Å². The van der Waals surface area contributed by atoms with Gasteiger partial charge in [-0.15, -0.1) is 0 Å². The molecule has 0 saturated carbocycles. The third kappa shape index (κ3) is 3.40. The number of nitrogens with two attached hydrogens (primary N) is 2. The highest BCUT2D eigenvalue weighted by Crippen LogP contribution is 2.33. The van der Waals surface area contributed by atoms with Crippen LogP contribution in [0.4, 0.5) is 11.4 Å². The predicted molar refractivity (Wildman–Crippen MR) is 86.3 cm³/mol. The molecule has 2 rings (SSSR count). The van der Waals surface area contributed by atoms with E-state index < -0.39 is 5.79 Å². The van der Waals surface area contributed by atoms with Gasteiger partial charge in [0, 0.05) is 12.8 Å². The fourth-order valence-corrected chi connectivity index (χ4v) is 2.11. The van der Waals surface area contributed by atoms with Crippen LogP contribution in [0.1, 0.15) is 26.7 Å². The number of benzene rings is 2. The summed E-state index contributed by atoms with van der Waals surface area (Å²) in [5.41, 5.74) is 13.1. The molecule has 4 nitrogen and oxygen atoms in total. The van der Waals surface area contributed by atoms with E-state index in [1.165, 1.54) is 0 Å². The summed E-state index contributed by atoms with van der Waals surface area (Å²) >= 11 is 0. The number of rotatable bonds is 6. The highest BCUT2D eigenvalue weighted by Gasteiger charge is 2.32. The zero-order valence-corrected chi connectivity index (χ0v) is 12.5. The van der Waals surface area contributed by atoms with E-state index >= 15 is 0 Å². The smallest absolute Gasteiger partial charge is 0.250 e. The fraction of sp³-hybridized carbons (Fsp3) is 0.294. The Bertz CT molecular complexity index is 545. The van der Waals surface area contributed by atoms with Crippen molar-refractivity contribution in [3.63, 3.8) is 0 Å². The quantitative estimate of drug-likeness (QED) is 0.625. The van der Waals surface area contributed by atoms with Gasteiger partial charge in [-0.2, -0.15) is 0 Å². The minimum atomic E-state index is -0.787. The normalized spacial score (nSPS) is 11.1. The third-order valence-electron chi connectivity index (χ3n) is 3.51. The SMILES string of the molecule is CCC(CC)(Oc1ccccc1N)Oc1ccccc1N. The predicted octanol–water partition coefficient (Wildman–Crippen LogP) is 3.83. The summed E-state index contributed by atoms with van der Waals surface area (Å²) in [5, 5.41) is 0. The van der Waals surface area contributed by atoms with Gasteiger partial charge in [0.1, 0.15) is 11.5 Å². The molecule has 0 radical (unpaired) electrons. The number of nitrogen functional groups attached to an aromatic ring is 2. The standard InChI is InChI=1S/C17H22N2O2/c1-3-17(4-2,20-15-11-7-5-9-13(15)18)21-16-12-8-6-10-14(16)19/h5-12H,3-4,18-19H2,1-2H3. The van der Waals surface area contributed by atoms with Gasteiger partial charge in [-0.1, -0.05) is 38.1 Å². The second-order valence-electron chi connectivity index (χ2n) is 4.90. The molecule has 2 aromatic carbocycles. The van der Waals surface area contributed by atoms with Gasteiger partial charge < -0.3 is 20.9 Å². The monoisotopic (exact) mass is 286 g/mol. The lowest BCUT2D eigenvalue weighted by Crippen LogP contribution is -2.41. The lowest BCUT2D eigenvalue weighted by molar-refractivity contribution is -0.118. The van der Waals surface area contributed by atoms with E-state index in [0.717, 1.165) is 0 Å². The van der Waals surface area contributed by atoms with Gasteiger partial charge in [0.25, 0.3) is 5.79 Å². The van der Waals surface area contributed by atoms with Crippen LogP contribution in [-0.4, -0.2) is 5.79 Å². The molecule has 4 heteroatoms. The zero-order valence-electron chi connectivity index (χ0n) is 12.5. The van der Waals surface area contributed by atoms with Crippen molar-refractivity contribution in [1.82, 2.24) is 0 Å². The molecule has 0 aliphatic carbocycles. The van der Waals surface area contributed by atoms with Crippen LogP contribution in [0.25, 0.3) is 0 Å². The maximum absolute atomic E-state index is 6.09. The van der Waals surface area contributed by atoms with Crippen LogP contribution in [0, 0.1) is 0 Å². The highest BCUT2D eigenvalue weighted by molar-refractivity contribution is 5.53. The first-order chi connectivity index (χ1) is 10.1. The van der Waals surface area contributed by atoms with Crippen LogP contribution < -0.4 is 20.9 Å². The summed E-state index contributed by atoms with van der Waals surface area (Å²) in [6.45, 7) is 4.03. The summed E-state index contributed by atoms with van der Waals surface area (Å²) in [5.74, 6) is 0.455. The molecule has 0 aliphatic heterocycles. The Morgan fingerprint density at radius 2 is 1.14 bits per heavy atom. The topological polar surface area (TPSA) is 70.5 Å². The van der Waals surface area contributed by atoms with E-state index in [-0.39, 0.29) is 0 Å². The molecule has 0 spiro atoms. The van der Waals surface area contributed by atoms with Gasteiger partial charge in [0.2, 0.25) is 0 Å². The van der Waals surface area contributed by atoms with Gasteiger partial charge in [-0.25, -0.2) is 0 Å². The Kier molecular flexibility index (Phi) is 4.58. The average Bonchev–Trinajstić information content (AvgIpc) is 2.51. The van der Waals surface area contributed by atoms with Gasteiger partial charge in [-0.3, -0.25) is 0 Å². The van der Waals surface area contributed by atoms with Crippen LogP contribution in [0.3, 0.4) is 0 Å². The van der Waals surface area contributed by atoms with Crippen LogP contribution in [0.2, 0.25) is 0 Å². The second-order valence-corrected chi connectivity index (χ2v) is 4.90. The summed E-state index contributed by atoms with van der Waals surface area (Å²) in [4.78, 5) is 0. The van der Waals surface area contributed by atoms with Crippen LogP contribution in [0.15, 0.2) is 48.5 Å². The van der Waals surface area contributed by atoms with Crippen LogP contribution >= 0.6 is 0 Å². The first-order valence-corrected chi connectivity index (χ1v) is 7.17. The van der Waals surface area contributed by atoms with Crippen LogP contribution in [0.5, 0.6) is 11.5 Å². The average molecular weight is 286 g/mol. The molecule has 0 amide bonds. The van der Waals surface area contributed by atoms with E-state index in [1.54, 1.807) is 0 Å². The number of hydrogen-bond acceptors (Lipinski definition) is 4. The van der Waals surface area contributed by atoms with Crippen molar-refractivity contribution >= 4 is 11.4 Å². The van der Waals surface area contributed by atoms with Crippen molar-refractivity contribution in [2.45, 2.75) is 32.5 Å². The second kappa shape index (κ2) is 6.39. The van der Waals surface area contributed by atoms with Crippen molar-refractivity contribution in [3.05, 3.63) is 48.5 Å². The Morgan fingerprint density at radius 3 is 1.48 bits per heavy atom. The van der Waals surface area contributed by atoms with Gasteiger partial charge in [-0.05, 0) is 24.3 Å². The highest BCUT2D eigenvalue weighted by atomic mass is 16.7. The molecule has 0 fully saturated rings. The van der Waals surface area contributed by atoms with Crippen molar-refractivity contribution < 1.29 is 9.47 Å². The molecule has 0 atom stereocenters. The molecule has 112 valence electrons. The Balaban J connectivity index is 2.28. The minimum Gasteiger partial charge on any atom is -0.450 e. The van der Waals surface area contributed by atoms with Crippen molar-refractivity contribution in [2.24, 2.45) is 0 Å². The molecule has 0 saturated heterocycles. The van der Waals surface area contributed by atoms with E-state index in [4.69, 9.17) is 20.9 Å². The van der Waals surface area contributed by atoms with Crippen molar-refractivity contribution in [2.75, 3.05) is 11.5 Å². The molecular formula is C17H22N2O2. The van der Waals surface area contributed by atoms with Gasteiger partial charge in [0.05, 0.1) is 11.4 Å². The number of ether oxygens (including phenoxy) is 2. The minimum absolute atomic E-state index is 0.591. The summed E-state index contributed by atoms with van der Waals surface area (Å²) in [6.07, 6.45) is 1.35. The number of hydrogen-bond donors (Lipinski definition) is 2. The van der Waals surface area contributed by atoms with E-state index in [2.05, 4.69) is 0 Å². The first kappa shape index (κ1) is 15.0. The molecular weight excluding hydrogens is 264 g/mol. The number of anilines is 2. The zero-order chi connectivity index (χ0) is 15.3. The summed E-state index contributed by atoms with van der Waals surface area (Å²) < 4.78 is 12.2. The first-order valence-electron chi connectivity index (χ1n) is 7.17. The molecule has 2 aromatic rings. The van der Waals surface area contributed by atoms with Gasteiger partial charge in [0.15, 0.2) is 0 Å². The number of para-hydroxylation sites is 4. The van der Waals surface area contributed by atoms with E-state index in [0.29, 0.717) is 35.7 Å². The maximum Gasteiger partial charge on any atom is 0.250 e. The largest absolute Gasteiger partial charge is 0.450 e.